The number of hydrogen-bond acceptors (Lipinski definition) is 6. The first kappa shape index (κ1) is 16.8. The molecule has 28 heavy (non-hydrogen) atoms. The molecular formula is C22H18N2O4. The van der Waals surface area contributed by atoms with E-state index in [-0.39, 0.29) is 17.3 Å². The van der Waals surface area contributed by atoms with Gasteiger partial charge in [0.15, 0.2) is 5.76 Å². The molecule has 1 N–H and O–H groups in total. The lowest BCUT2D eigenvalue weighted by Gasteiger charge is -2.29. The van der Waals surface area contributed by atoms with Gasteiger partial charge in [-0.2, -0.15) is 0 Å². The summed E-state index contributed by atoms with van der Waals surface area (Å²) in [6.45, 7) is 2.77. The summed E-state index contributed by atoms with van der Waals surface area (Å²) in [5.41, 5.74) is 2.17. The second-order valence-electron chi connectivity index (χ2n) is 6.81. The number of aromatic nitrogens is 1. The van der Waals surface area contributed by atoms with Crippen LogP contribution in [0, 0.1) is 0 Å². The summed E-state index contributed by atoms with van der Waals surface area (Å²) in [6, 6.07) is 14.4. The Hall–Kier alpha value is -3.38. The summed E-state index contributed by atoms with van der Waals surface area (Å²) < 4.78 is 11.2. The number of phenolic OH excluding ortho intramolecular Hbond substituents is 1. The highest BCUT2D eigenvalue weighted by Crippen LogP contribution is 2.35. The highest BCUT2D eigenvalue weighted by atomic mass is 16.5. The molecule has 2 aliphatic rings. The van der Waals surface area contributed by atoms with E-state index >= 15 is 0 Å². The minimum Gasteiger partial charge on any atom is -0.508 e. The maximum absolute atomic E-state index is 12.7. The average Bonchev–Trinajstić information content (AvgIpc) is 3.02. The molecule has 1 saturated heterocycles. The highest BCUT2D eigenvalue weighted by molar-refractivity contribution is 6.14. The van der Waals surface area contributed by atoms with Crippen LogP contribution in [0.15, 0.2) is 54.3 Å². The normalized spacial score (nSPS) is 17.8. The van der Waals surface area contributed by atoms with Gasteiger partial charge in [-0.3, -0.25) is 4.79 Å². The number of phenols is 1. The topological polar surface area (TPSA) is 71.9 Å². The van der Waals surface area contributed by atoms with Crippen molar-refractivity contribution in [1.29, 1.82) is 0 Å². The van der Waals surface area contributed by atoms with Crippen LogP contribution < -0.4 is 9.64 Å². The number of benzene rings is 2. The molecule has 5 rings (SSSR count). The number of pyridine rings is 1. The van der Waals surface area contributed by atoms with Crippen molar-refractivity contribution >= 4 is 28.6 Å². The third-order valence-electron chi connectivity index (χ3n) is 4.98. The summed E-state index contributed by atoms with van der Waals surface area (Å²) in [6.07, 6.45) is 1.74. The Balaban J connectivity index is 1.61. The van der Waals surface area contributed by atoms with Gasteiger partial charge in [0, 0.05) is 30.1 Å². The van der Waals surface area contributed by atoms with E-state index in [2.05, 4.69) is 4.90 Å². The number of para-hydroxylation sites is 1. The van der Waals surface area contributed by atoms with Crippen LogP contribution in [-0.4, -0.2) is 42.2 Å². The first-order valence-electron chi connectivity index (χ1n) is 9.19. The Morgan fingerprint density at radius 3 is 2.75 bits per heavy atom. The van der Waals surface area contributed by atoms with Crippen molar-refractivity contribution in [3.05, 3.63) is 65.4 Å². The molecule has 140 valence electrons. The van der Waals surface area contributed by atoms with Gasteiger partial charge in [0.1, 0.15) is 17.3 Å². The fourth-order valence-electron chi connectivity index (χ4n) is 3.57. The number of allylic oxidation sites excluding steroid dienone is 1. The van der Waals surface area contributed by atoms with E-state index in [4.69, 9.17) is 14.5 Å². The maximum Gasteiger partial charge on any atom is 0.231 e. The lowest BCUT2D eigenvalue weighted by atomic mass is 10.1. The fourth-order valence-corrected chi connectivity index (χ4v) is 3.57. The first-order chi connectivity index (χ1) is 13.7. The van der Waals surface area contributed by atoms with Crippen LogP contribution in [-0.2, 0) is 4.74 Å². The quantitative estimate of drug-likeness (QED) is 0.694. The highest BCUT2D eigenvalue weighted by Gasteiger charge is 2.28. The summed E-state index contributed by atoms with van der Waals surface area (Å²) in [5.74, 6) is 1.28. The molecule has 1 aromatic heterocycles. The Morgan fingerprint density at radius 2 is 1.89 bits per heavy atom. The van der Waals surface area contributed by atoms with Crippen LogP contribution in [0.3, 0.4) is 0 Å². The molecular weight excluding hydrogens is 356 g/mol. The lowest BCUT2D eigenvalue weighted by molar-refractivity contribution is 0.101. The zero-order valence-electron chi connectivity index (χ0n) is 15.1. The zero-order chi connectivity index (χ0) is 19.1. The van der Waals surface area contributed by atoms with Crippen molar-refractivity contribution in [3.8, 4) is 11.5 Å². The van der Waals surface area contributed by atoms with Crippen LogP contribution in [0.25, 0.3) is 17.0 Å². The van der Waals surface area contributed by atoms with Crippen molar-refractivity contribution in [2.24, 2.45) is 0 Å². The predicted molar refractivity (Wildman–Crippen MR) is 106 cm³/mol. The van der Waals surface area contributed by atoms with Gasteiger partial charge >= 0.3 is 0 Å². The van der Waals surface area contributed by atoms with Crippen molar-refractivity contribution in [2.75, 3.05) is 31.2 Å². The summed E-state index contributed by atoms with van der Waals surface area (Å²) in [5, 5.41) is 10.6. The maximum atomic E-state index is 12.7. The van der Waals surface area contributed by atoms with Gasteiger partial charge in [-0.25, -0.2) is 4.98 Å². The molecule has 0 bridgehead atoms. The van der Waals surface area contributed by atoms with Gasteiger partial charge in [-0.05, 0) is 30.3 Å². The van der Waals surface area contributed by atoms with Crippen molar-refractivity contribution in [2.45, 2.75) is 0 Å². The summed E-state index contributed by atoms with van der Waals surface area (Å²) in [4.78, 5) is 19.8. The average molecular weight is 374 g/mol. The number of carbonyl (C=O) groups is 1. The molecule has 2 aliphatic heterocycles. The molecule has 1 fully saturated rings. The molecule has 6 heteroatoms. The Morgan fingerprint density at radius 1 is 1.07 bits per heavy atom. The molecule has 0 unspecified atom stereocenters. The molecule has 0 aliphatic carbocycles. The standard InChI is InChI=1S/C22H18N2O4/c25-16-5-6-17-19(13-16)28-20(21(17)26)12-15-11-14-3-1-2-4-18(14)23-22(15)24-7-9-27-10-8-24/h1-6,11-13,25H,7-10H2/b20-12+. The Labute approximate surface area is 161 Å². The molecule has 3 heterocycles. The van der Waals surface area contributed by atoms with Gasteiger partial charge in [-0.15, -0.1) is 0 Å². The number of fused-ring (bicyclic) bond motifs is 2. The van der Waals surface area contributed by atoms with Crippen molar-refractivity contribution in [1.82, 2.24) is 4.98 Å². The van der Waals surface area contributed by atoms with E-state index < -0.39 is 0 Å². The van der Waals surface area contributed by atoms with Crippen LogP contribution in [0.4, 0.5) is 5.82 Å². The monoisotopic (exact) mass is 374 g/mol. The SMILES string of the molecule is O=C1/C(=C\c2cc3ccccc3nc2N2CCOCC2)Oc2cc(O)ccc21. The van der Waals surface area contributed by atoms with Gasteiger partial charge < -0.3 is 19.5 Å². The Bertz CT molecular complexity index is 1120. The second-order valence-corrected chi connectivity index (χ2v) is 6.81. The molecule has 0 saturated carbocycles. The number of nitrogens with zero attached hydrogens (tertiary/aromatic N) is 2. The summed E-state index contributed by atoms with van der Waals surface area (Å²) in [7, 11) is 0. The lowest BCUT2D eigenvalue weighted by Crippen LogP contribution is -2.37. The number of ether oxygens (including phenoxy) is 2. The number of morpholine rings is 1. The smallest absolute Gasteiger partial charge is 0.231 e. The van der Waals surface area contributed by atoms with Gasteiger partial charge in [0.25, 0.3) is 0 Å². The first-order valence-corrected chi connectivity index (χ1v) is 9.19. The molecule has 0 atom stereocenters. The number of carbonyl (C=O) groups excluding carboxylic acids is 1. The Kier molecular flexibility index (Phi) is 3.98. The minimum absolute atomic E-state index is 0.0641. The van der Waals surface area contributed by atoms with Crippen LogP contribution >= 0.6 is 0 Å². The number of hydrogen-bond donors (Lipinski definition) is 1. The van der Waals surface area contributed by atoms with E-state index in [0.29, 0.717) is 24.5 Å². The predicted octanol–water partition coefficient (Wildman–Crippen LogP) is 3.39. The fraction of sp³-hybridized carbons (Fsp3) is 0.182. The molecule has 2 aromatic carbocycles. The van der Waals surface area contributed by atoms with E-state index in [9.17, 15) is 9.90 Å². The largest absolute Gasteiger partial charge is 0.508 e. The van der Waals surface area contributed by atoms with E-state index in [1.54, 1.807) is 12.1 Å². The number of ketones is 1. The van der Waals surface area contributed by atoms with E-state index in [1.807, 2.05) is 30.3 Å². The van der Waals surface area contributed by atoms with E-state index in [1.165, 1.54) is 12.1 Å². The molecule has 0 amide bonds. The molecule has 0 spiro atoms. The zero-order valence-corrected chi connectivity index (χ0v) is 15.1. The minimum atomic E-state index is -0.198. The summed E-state index contributed by atoms with van der Waals surface area (Å²) >= 11 is 0. The van der Waals surface area contributed by atoms with Gasteiger partial charge in [0.05, 0.1) is 24.3 Å². The van der Waals surface area contributed by atoms with Crippen molar-refractivity contribution in [3.63, 3.8) is 0 Å². The molecule has 3 aromatic rings. The number of rotatable bonds is 2. The van der Waals surface area contributed by atoms with Gasteiger partial charge in [0.2, 0.25) is 5.78 Å². The number of aromatic hydroxyl groups is 1. The van der Waals surface area contributed by atoms with E-state index in [0.717, 1.165) is 35.4 Å². The third kappa shape index (κ3) is 2.88. The van der Waals surface area contributed by atoms with Crippen molar-refractivity contribution < 1.29 is 19.4 Å². The molecule has 6 nitrogen and oxygen atoms in total. The number of Topliss-reactive ketones (excluding diaryl/α,β-unsaturated/α-hetero) is 1. The van der Waals surface area contributed by atoms with Crippen LogP contribution in [0.2, 0.25) is 0 Å². The third-order valence-corrected chi connectivity index (χ3v) is 4.98. The van der Waals surface area contributed by atoms with Crippen LogP contribution in [0.5, 0.6) is 11.5 Å². The molecule has 0 radical (unpaired) electrons. The number of anilines is 1. The van der Waals surface area contributed by atoms with Crippen LogP contribution in [0.1, 0.15) is 15.9 Å². The second kappa shape index (κ2) is 6.65. The van der Waals surface area contributed by atoms with Gasteiger partial charge in [-0.1, -0.05) is 18.2 Å².